The standard InChI is InChI=1S/C26H26FN3O4/c1-2-34-24-6-4-3-5-23(24)30-15-13-29(14-16-30)20-11-12-22(21(17-20)26(32)33)28-25(31)18-7-9-19(27)10-8-18/h3-12,17H,2,13-16H2,1H3,(H,28,31)(H,32,33). The first-order valence-corrected chi connectivity index (χ1v) is 11.1. The molecule has 1 amide bonds. The maximum atomic E-state index is 13.1. The normalized spacial score (nSPS) is 13.5. The molecule has 1 aliphatic heterocycles. The summed E-state index contributed by atoms with van der Waals surface area (Å²) in [5.41, 5.74) is 2.25. The van der Waals surface area contributed by atoms with E-state index in [2.05, 4.69) is 15.1 Å². The van der Waals surface area contributed by atoms with Gasteiger partial charge in [0.05, 0.1) is 23.5 Å². The molecule has 8 heteroatoms. The Labute approximate surface area is 197 Å². The third kappa shape index (κ3) is 5.11. The molecule has 1 saturated heterocycles. The lowest BCUT2D eigenvalue weighted by Gasteiger charge is -2.38. The average molecular weight is 464 g/mol. The van der Waals surface area contributed by atoms with Crippen LogP contribution in [0.15, 0.2) is 66.7 Å². The van der Waals surface area contributed by atoms with Gasteiger partial charge in [-0.3, -0.25) is 4.79 Å². The molecule has 176 valence electrons. The summed E-state index contributed by atoms with van der Waals surface area (Å²) in [5, 5.41) is 12.4. The number of nitrogens with one attached hydrogen (secondary N) is 1. The smallest absolute Gasteiger partial charge is 0.337 e. The lowest BCUT2D eigenvalue weighted by Crippen LogP contribution is -2.46. The largest absolute Gasteiger partial charge is 0.492 e. The van der Waals surface area contributed by atoms with Gasteiger partial charge in [0.1, 0.15) is 11.6 Å². The molecule has 1 heterocycles. The number of carboxylic acid groups (broad SMARTS) is 1. The molecular weight excluding hydrogens is 437 g/mol. The lowest BCUT2D eigenvalue weighted by molar-refractivity contribution is 0.0698. The van der Waals surface area contributed by atoms with Gasteiger partial charge >= 0.3 is 5.97 Å². The predicted molar refractivity (Wildman–Crippen MR) is 130 cm³/mol. The van der Waals surface area contributed by atoms with Crippen molar-refractivity contribution < 1.29 is 23.8 Å². The van der Waals surface area contributed by atoms with Crippen molar-refractivity contribution in [3.05, 3.63) is 83.7 Å². The molecule has 1 aliphatic rings. The number of anilines is 3. The van der Waals surface area contributed by atoms with Gasteiger partial charge in [-0.25, -0.2) is 9.18 Å². The third-order valence-corrected chi connectivity index (χ3v) is 5.74. The number of aromatic carboxylic acids is 1. The van der Waals surface area contributed by atoms with Crippen LogP contribution >= 0.6 is 0 Å². The lowest BCUT2D eigenvalue weighted by atomic mass is 10.1. The van der Waals surface area contributed by atoms with Crippen molar-refractivity contribution in [2.45, 2.75) is 6.92 Å². The molecule has 0 spiro atoms. The molecule has 7 nitrogen and oxygen atoms in total. The molecule has 4 rings (SSSR count). The SMILES string of the molecule is CCOc1ccccc1N1CCN(c2ccc(NC(=O)c3ccc(F)cc3)c(C(=O)O)c2)CC1. The molecule has 0 saturated carbocycles. The first-order valence-electron chi connectivity index (χ1n) is 11.1. The van der Waals surface area contributed by atoms with Crippen molar-refractivity contribution in [2.24, 2.45) is 0 Å². The topological polar surface area (TPSA) is 82.1 Å². The van der Waals surface area contributed by atoms with Crippen LogP contribution in [0.2, 0.25) is 0 Å². The van der Waals surface area contributed by atoms with Crippen molar-refractivity contribution >= 4 is 28.9 Å². The fourth-order valence-electron chi connectivity index (χ4n) is 4.01. The Kier molecular flexibility index (Phi) is 6.96. The number of piperazine rings is 1. The molecule has 1 fully saturated rings. The Hall–Kier alpha value is -4.07. The van der Waals surface area contributed by atoms with Gasteiger partial charge in [0.25, 0.3) is 5.91 Å². The van der Waals surface area contributed by atoms with E-state index in [4.69, 9.17) is 4.74 Å². The van der Waals surface area contributed by atoms with E-state index in [0.717, 1.165) is 30.2 Å². The number of nitrogens with zero attached hydrogens (tertiary/aromatic N) is 2. The van der Waals surface area contributed by atoms with Crippen molar-refractivity contribution in [2.75, 3.05) is 47.9 Å². The van der Waals surface area contributed by atoms with Gasteiger partial charge in [0, 0.05) is 37.4 Å². The second-order valence-corrected chi connectivity index (χ2v) is 7.87. The molecule has 3 aromatic carbocycles. The number of carbonyl (C=O) groups excluding carboxylic acids is 1. The Balaban J connectivity index is 1.47. The second-order valence-electron chi connectivity index (χ2n) is 7.87. The van der Waals surface area contributed by atoms with E-state index in [1.165, 1.54) is 24.3 Å². The average Bonchev–Trinajstić information content (AvgIpc) is 2.85. The maximum Gasteiger partial charge on any atom is 0.337 e. The maximum absolute atomic E-state index is 13.1. The number of ether oxygens (including phenoxy) is 1. The Morgan fingerprint density at radius 3 is 2.32 bits per heavy atom. The zero-order chi connectivity index (χ0) is 24.1. The van der Waals surface area contributed by atoms with E-state index in [1.807, 2.05) is 31.2 Å². The minimum atomic E-state index is -1.14. The summed E-state index contributed by atoms with van der Waals surface area (Å²) in [6.45, 7) is 5.49. The van der Waals surface area contributed by atoms with Crippen LogP contribution < -0.4 is 19.9 Å². The highest BCUT2D eigenvalue weighted by atomic mass is 19.1. The first-order chi connectivity index (χ1) is 16.5. The van der Waals surface area contributed by atoms with Crippen molar-refractivity contribution in [3.63, 3.8) is 0 Å². The molecule has 34 heavy (non-hydrogen) atoms. The van der Waals surface area contributed by atoms with Crippen LogP contribution in [0, 0.1) is 5.82 Å². The molecule has 3 aromatic rings. The Morgan fingerprint density at radius 1 is 0.971 bits per heavy atom. The van der Waals surface area contributed by atoms with Crippen LogP contribution in [0.1, 0.15) is 27.6 Å². The minimum absolute atomic E-state index is 0.00270. The number of hydrogen-bond donors (Lipinski definition) is 2. The first kappa shape index (κ1) is 23.1. The number of hydrogen-bond acceptors (Lipinski definition) is 5. The van der Waals surface area contributed by atoms with Crippen LogP contribution in [0.3, 0.4) is 0 Å². The van der Waals surface area contributed by atoms with Crippen LogP contribution in [0.5, 0.6) is 5.75 Å². The molecule has 0 unspecified atom stereocenters. The van der Waals surface area contributed by atoms with Gasteiger partial charge in [-0.2, -0.15) is 0 Å². The fraction of sp³-hybridized carbons (Fsp3) is 0.231. The number of amides is 1. The van der Waals surface area contributed by atoms with E-state index in [1.54, 1.807) is 18.2 Å². The zero-order valence-electron chi connectivity index (χ0n) is 18.8. The van der Waals surface area contributed by atoms with Crippen molar-refractivity contribution in [1.82, 2.24) is 0 Å². The van der Waals surface area contributed by atoms with E-state index in [-0.39, 0.29) is 16.8 Å². The number of halogens is 1. The molecule has 0 bridgehead atoms. The summed E-state index contributed by atoms with van der Waals surface area (Å²) in [5.74, 6) is -1.24. The van der Waals surface area contributed by atoms with Crippen LogP contribution in [-0.2, 0) is 0 Å². The highest BCUT2D eigenvalue weighted by Gasteiger charge is 2.22. The van der Waals surface area contributed by atoms with E-state index < -0.39 is 17.7 Å². The second kappa shape index (κ2) is 10.2. The Bertz CT molecular complexity index is 1170. The van der Waals surface area contributed by atoms with Gasteiger partial charge in [0.2, 0.25) is 0 Å². The summed E-state index contributed by atoms with van der Waals surface area (Å²) in [7, 11) is 0. The predicted octanol–water partition coefficient (Wildman–Crippen LogP) is 4.50. The number of carbonyl (C=O) groups is 2. The minimum Gasteiger partial charge on any atom is -0.492 e. The van der Waals surface area contributed by atoms with Crippen molar-refractivity contribution in [3.8, 4) is 5.75 Å². The van der Waals surface area contributed by atoms with Crippen LogP contribution in [0.25, 0.3) is 0 Å². The zero-order valence-corrected chi connectivity index (χ0v) is 18.8. The van der Waals surface area contributed by atoms with Gasteiger partial charge < -0.3 is 25.0 Å². The number of para-hydroxylation sites is 2. The summed E-state index contributed by atoms with van der Waals surface area (Å²) in [4.78, 5) is 28.8. The van der Waals surface area contributed by atoms with E-state index in [0.29, 0.717) is 19.7 Å². The molecule has 0 aromatic heterocycles. The fourth-order valence-corrected chi connectivity index (χ4v) is 4.01. The van der Waals surface area contributed by atoms with Crippen LogP contribution in [0.4, 0.5) is 21.5 Å². The summed E-state index contributed by atoms with van der Waals surface area (Å²) in [6, 6.07) is 18.0. The Morgan fingerprint density at radius 2 is 1.65 bits per heavy atom. The highest BCUT2D eigenvalue weighted by Crippen LogP contribution is 2.30. The molecule has 0 atom stereocenters. The van der Waals surface area contributed by atoms with E-state index >= 15 is 0 Å². The third-order valence-electron chi connectivity index (χ3n) is 5.74. The molecule has 0 radical (unpaired) electrons. The monoisotopic (exact) mass is 463 g/mol. The van der Waals surface area contributed by atoms with Gasteiger partial charge in [0.15, 0.2) is 0 Å². The molecule has 2 N–H and O–H groups in total. The quantitative estimate of drug-likeness (QED) is 0.537. The number of rotatable bonds is 7. The highest BCUT2D eigenvalue weighted by molar-refractivity contribution is 6.08. The van der Waals surface area contributed by atoms with Gasteiger partial charge in [-0.15, -0.1) is 0 Å². The molecule has 0 aliphatic carbocycles. The van der Waals surface area contributed by atoms with Crippen molar-refractivity contribution in [1.29, 1.82) is 0 Å². The van der Waals surface area contributed by atoms with E-state index in [9.17, 15) is 19.1 Å². The van der Waals surface area contributed by atoms with Crippen LogP contribution in [-0.4, -0.2) is 49.8 Å². The number of benzene rings is 3. The summed E-state index contributed by atoms with van der Waals surface area (Å²) >= 11 is 0. The summed E-state index contributed by atoms with van der Waals surface area (Å²) in [6.07, 6.45) is 0. The molecular formula is C26H26FN3O4. The van der Waals surface area contributed by atoms with Gasteiger partial charge in [-0.05, 0) is 61.5 Å². The number of carboxylic acids is 1. The van der Waals surface area contributed by atoms with Gasteiger partial charge in [-0.1, -0.05) is 12.1 Å². The summed E-state index contributed by atoms with van der Waals surface area (Å²) < 4.78 is 18.9.